The molecule has 0 fully saturated rings. The Balaban J connectivity index is 2.61. The molecule has 4 heteroatoms. The lowest BCUT2D eigenvalue weighted by Crippen LogP contribution is -2.06. The van der Waals surface area contributed by atoms with Crippen molar-refractivity contribution in [1.82, 2.24) is 4.57 Å². The summed E-state index contributed by atoms with van der Waals surface area (Å²) in [5, 5.41) is 1.05. The molecule has 3 nitrogen and oxygen atoms in total. The number of para-hydroxylation sites is 1. The van der Waals surface area contributed by atoms with E-state index in [0.717, 1.165) is 16.5 Å². The van der Waals surface area contributed by atoms with Crippen LogP contribution >= 0.6 is 0 Å². The monoisotopic (exact) mass is 251 g/mol. The van der Waals surface area contributed by atoms with Crippen LogP contribution in [0, 0.1) is 6.92 Å². The Labute approximate surface area is 102 Å². The Morgan fingerprint density at radius 3 is 2.65 bits per heavy atom. The van der Waals surface area contributed by atoms with Crippen molar-refractivity contribution in [1.29, 1.82) is 0 Å². The van der Waals surface area contributed by atoms with Crippen molar-refractivity contribution in [2.75, 3.05) is 5.75 Å². The van der Waals surface area contributed by atoms with Crippen LogP contribution in [0.5, 0.6) is 0 Å². The summed E-state index contributed by atoms with van der Waals surface area (Å²) in [6.45, 7) is 3.73. The third-order valence-electron chi connectivity index (χ3n) is 3.10. The second kappa shape index (κ2) is 4.18. The van der Waals surface area contributed by atoms with E-state index in [1.54, 1.807) is 6.92 Å². The minimum Gasteiger partial charge on any atom is -0.350 e. The zero-order chi connectivity index (χ0) is 12.6. The van der Waals surface area contributed by atoms with Crippen molar-refractivity contribution in [2.24, 2.45) is 7.05 Å². The van der Waals surface area contributed by atoms with E-state index in [1.807, 2.05) is 42.9 Å². The van der Waals surface area contributed by atoms with Crippen LogP contribution in [-0.4, -0.2) is 18.7 Å². The first-order chi connectivity index (χ1) is 7.94. The molecule has 0 aliphatic rings. The normalized spacial score (nSPS) is 12.2. The predicted molar refractivity (Wildman–Crippen MR) is 70.8 cm³/mol. The second-order valence-corrected chi connectivity index (χ2v) is 6.77. The maximum Gasteiger partial charge on any atom is 0.154 e. The van der Waals surface area contributed by atoms with E-state index in [-0.39, 0.29) is 11.5 Å². The van der Waals surface area contributed by atoms with Gasteiger partial charge in [0, 0.05) is 24.4 Å². The van der Waals surface area contributed by atoms with Crippen molar-refractivity contribution in [3.8, 4) is 0 Å². The number of sulfone groups is 1. The SMILES string of the molecule is CCS(=O)(=O)Cc1cn(C)c2c(C)cccc12. The number of hydrogen-bond donors (Lipinski definition) is 0. The largest absolute Gasteiger partial charge is 0.350 e. The van der Waals surface area contributed by atoms with E-state index in [9.17, 15) is 8.42 Å². The van der Waals surface area contributed by atoms with Gasteiger partial charge in [-0.15, -0.1) is 0 Å². The van der Waals surface area contributed by atoms with E-state index in [1.165, 1.54) is 5.56 Å². The third kappa shape index (κ3) is 2.22. The Morgan fingerprint density at radius 1 is 1.29 bits per heavy atom. The van der Waals surface area contributed by atoms with Crippen molar-refractivity contribution >= 4 is 20.7 Å². The fraction of sp³-hybridized carbons (Fsp3) is 0.385. The zero-order valence-corrected chi connectivity index (χ0v) is 11.2. The topological polar surface area (TPSA) is 39.1 Å². The Bertz CT molecular complexity index is 653. The summed E-state index contributed by atoms with van der Waals surface area (Å²) in [4.78, 5) is 0. The van der Waals surface area contributed by atoms with Crippen molar-refractivity contribution in [3.63, 3.8) is 0 Å². The number of rotatable bonds is 3. The summed E-state index contributed by atoms with van der Waals surface area (Å²) in [6, 6.07) is 6.00. The molecule has 2 aromatic rings. The summed E-state index contributed by atoms with van der Waals surface area (Å²) in [6.07, 6.45) is 1.92. The van der Waals surface area contributed by atoms with Gasteiger partial charge in [0.1, 0.15) is 0 Å². The molecule has 0 unspecified atom stereocenters. The summed E-state index contributed by atoms with van der Waals surface area (Å²) >= 11 is 0. The molecule has 0 bridgehead atoms. The molecule has 17 heavy (non-hydrogen) atoms. The molecule has 1 heterocycles. The number of nitrogens with zero attached hydrogens (tertiary/aromatic N) is 1. The summed E-state index contributed by atoms with van der Waals surface area (Å²) < 4.78 is 25.4. The van der Waals surface area contributed by atoms with Gasteiger partial charge in [-0.1, -0.05) is 25.1 Å². The molecule has 0 atom stereocenters. The predicted octanol–water partition coefficient (Wildman–Crippen LogP) is 2.42. The van der Waals surface area contributed by atoms with Crippen molar-refractivity contribution < 1.29 is 8.42 Å². The molecule has 1 aromatic heterocycles. The highest BCUT2D eigenvalue weighted by molar-refractivity contribution is 7.90. The molecular formula is C13H17NO2S. The molecule has 0 aliphatic heterocycles. The summed E-state index contributed by atoms with van der Waals surface area (Å²) in [5.74, 6) is 0.319. The lowest BCUT2D eigenvalue weighted by molar-refractivity contribution is 0.596. The fourth-order valence-corrected chi connectivity index (χ4v) is 3.12. The van der Waals surface area contributed by atoms with E-state index >= 15 is 0 Å². The smallest absolute Gasteiger partial charge is 0.154 e. The molecule has 2 rings (SSSR count). The molecule has 0 N–H and O–H groups in total. The Morgan fingerprint density at radius 2 is 2.00 bits per heavy atom. The Hall–Kier alpha value is -1.29. The maximum atomic E-state index is 11.7. The first kappa shape index (κ1) is 12.2. The van der Waals surface area contributed by atoms with Gasteiger partial charge in [0.25, 0.3) is 0 Å². The average molecular weight is 251 g/mol. The minimum atomic E-state index is -2.98. The van der Waals surface area contributed by atoms with Gasteiger partial charge in [-0.25, -0.2) is 8.42 Å². The third-order valence-corrected chi connectivity index (χ3v) is 4.73. The highest BCUT2D eigenvalue weighted by atomic mass is 32.2. The number of benzene rings is 1. The number of fused-ring (bicyclic) bond motifs is 1. The number of hydrogen-bond acceptors (Lipinski definition) is 2. The minimum absolute atomic E-state index is 0.129. The molecule has 0 amide bonds. The van der Waals surface area contributed by atoms with E-state index in [4.69, 9.17) is 0 Å². The quantitative estimate of drug-likeness (QED) is 0.840. The van der Waals surface area contributed by atoms with Crippen molar-refractivity contribution in [3.05, 3.63) is 35.5 Å². The van der Waals surface area contributed by atoms with Gasteiger partial charge in [0.15, 0.2) is 9.84 Å². The number of aromatic nitrogens is 1. The highest BCUT2D eigenvalue weighted by Gasteiger charge is 2.14. The highest BCUT2D eigenvalue weighted by Crippen LogP contribution is 2.25. The standard InChI is InChI=1S/C13H17NO2S/c1-4-17(15,16)9-11-8-14(3)13-10(2)6-5-7-12(11)13/h5-8H,4,9H2,1-3H3. The number of aryl methyl sites for hydroxylation is 2. The van der Waals surface area contributed by atoms with Crippen LogP contribution in [0.25, 0.3) is 10.9 Å². The Kier molecular flexibility index (Phi) is 3.00. The van der Waals surface area contributed by atoms with Gasteiger partial charge in [-0.3, -0.25) is 0 Å². The molecule has 1 aromatic carbocycles. The summed E-state index contributed by atoms with van der Waals surface area (Å²) in [7, 11) is -1.02. The van der Waals surface area contributed by atoms with Gasteiger partial charge in [-0.05, 0) is 18.1 Å². The van der Waals surface area contributed by atoms with Crippen LogP contribution in [0.4, 0.5) is 0 Å². The van der Waals surface area contributed by atoms with E-state index < -0.39 is 9.84 Å². The van der Waals surface area contributed by atoms with Gasteiger partial charge >= 0.3 is 0 Å². The molecule has 0 aliphatic carbocycles. The lowest BCUT2D eigenvalue weighted by atomic mass is 10.1. The average Bonchev–Trinajstić information content (AvgIpc) is 2.56. The molecular weight excluding hydrogens is 234 g/mol. The zero-order valence-electron chi connectivity index (χ0n) is 10.4. The molecule has 0 saturated heterocycles. The summed E-state index contributed by atoms with van der Waals surface area (Å²) in [5.41, 5.74) is 3.19. The molecule has 0 radical (unpaired) electrons. The van der Waals surface area contributed by atoms with Gasteiger partial charge < -0.3 is 4.57 Å². The molecule has 0 saturated carbocycles. The van der Waals surface area contributed by atoms with Gasteiger partial charge in [0.2, 0.25) is 0 Å². The maximum absolute atomic E-state index is 11.7. The van der Waals surface area contributed by atoms with Crippen LogP contribution in [0.2, 0.25) is 0 Å². The fourth-order valence-electron chi connectivity index (χ4n) is 2.21. The first-order valence-corrected chi connectivity index (χ1v) is 7.50. The molecule has 92 valence electrons. The van der Waals surface area contributed by atoms with Crippen LogP contribution in [0.15, 0.2) is 24.4 Å². The van der Waals surface area contributed by atoms with Crippen LogP contribution in [0.3, 0.4) is 0 Å². The van der Waals surface area contributed by atoms with Gasteiger partial charge in [0.05, 0.1) is 11.3 Å². The molecule has 0 spiro atoms. The van der Waals surface area contributed by atoms with E-state index in [0.29, 0.717) is 0 Å². The van der Waals surface area contributed by atoms with Crippen LogP contribution < -0.4 is 0 Å². The van der Waals surface area contributed by atoms with Gasteiger partial charge in [-0.2, -0.15) is 0 Å². The van der Waals surface area contributed by atoms with E-state index in [2.05, 4.69) is 0 Å². The van der Waals surface area contributed by atoms with Crippen LogP contribution in [-0.2, 0) is 22.6 Å². The van der Waals surface area contributed by atoms with Crippen LogP contribution in [0.1, 0.15) is 18.1 Å². The second-order valence-electron chi connectivity index (χ2n) is 4.41. The van der Waals surface area contributed by atoms with Crippen molar-refractivity contribution in [2.45, 2.75) is 19.6 Å². The first-order valence-electron chi connectivity index (χ1n) is 5.68. The lowest BCUT2D eigenvalue weighted by Gasteiger charge is -2.01.